The predicted molar refractivity (Wildman–Crippen MR) is 75.6 cm³/mol. The summed E-state index contributed by atoms with van der Waals surface area (Å²) in [5, 5.41) is 0. The number of rotatable bonds is 7. The molecule has 0 atom stereocenters. The fourth-order valence-electron chi connectivity index (χ4n) is 0.961. The lowest BCUT2D eigenvalue weighted by atomic mass is 11.0. The molecule has 0 rings (SSSR count). The maximum Gasteiger partial charge on any atom is 0.169 e. The monoisotopic (exact) mass is 266 g/mol. The second-order valence-corrected chi connectivity index (χ2v) is 18.6. The second kappa shape index (κ2) is 6.39. The molecule has 2 nitrogen and oxygen atoms in total. The molecular formula is C8H26O2Si4. The van der Waals surface area contributed by atoms with Crippen LogP contribution in [0.25, 0.3) is 0 Å². The van der Waals surface area contributed by atoms with Gasteiger partial charge in [0, 0.05) is 0 Å². The lowest BCUT2D eigenvalue weighted by Crippen LogP contribution is -2.29. The summed E-state index contributed by atoms with van der Waals surface area (Å²) >= 11 is 0. The van der Waals surface area contributed by atoms with Gasteiger partial charge in [-0.15, -0.1) is 0 Å². The molecule has 0 saturated heterocycles. The van der Waals surface area contributed by atoms with E-state index < -0.39 is 16.6 Å². The quantitative estimate of drug-likeness (QED) is 0.516. The Kier molecular flexibility index (Phi) is 6.75. The summed E-state index contributed by atoms with van der Waals surface area (Å²) < 4.78 is 11.8. The van der Waals surface area contributed by atoms with Crippen molar-refractivity contribution < 1.29 is 8.23 Å². The summed E-state index contributed by atoms with van der Waals surface area (Å²) in [5.41, 5.74) is 0. The van der Waals surface area contributed by atoms with E-state index in [9.17, 15) is 0 Å². The van der Waals surface area contributed by atoms with Crippen LogP contribution in [0.3, 0.4) is 0 Å². The Balaban J connectivity index is 3.23. The zero-order valence-electron chi connectivity index (χ0n) is 10.6. The van der Waals surface area contributed by atoms with Crippen molar-refractivity contribution in [2.24, 2.45) is 0 Å². The lowest BCUT2D eigenvalue weighted by Gasteiger charge is -2.19. The third kappa shape index (κ3) is 12.8. The van der Waals surface area contributed by atoms with Gasteiger partial charge in [0.1, 0.15) is 19.5 Å². The van der Waals surface area contributed by atoms with Gasteiger partial charge in [0.15, 0.2) is 16.6 Å². The molecule has 0 aliphatic rings. The van der Waals surface area contributed by atoms with Gasteiger partial charge < -0.3 is 8.23 Å². The average molecular weight is 267 g/mol. The average Bonchev–Trinajstić information content (AvgIpc) is 1.92. The van der Waals surface area contributed by atoms with Crippen LogP contribution >= 0.6 is 0 Å². The summed E-state index contributed by atoms with van der Waals surface area (Å²) in [6, 6.07) is 2.67. The molecule has 0 N–H and O–H groups in total. The van der Waals surface area contributed by atoms with E-state index >= 15 is 0 Å². The van der Waals surface area contributed by atoms with Gasteiger partial charge in [-0.1, -0.05) is 0 Å². The SMILES string of the molecule is C[Si](C)(C)O[SiH2]CC[SiH2]O[Si](C)(C)C. The minimum absolute atomic E-state index is 0.225. The van der Waals surface area contributed by atoms with Gasteiger partial charge in [-0.25, -0.2) is 0 Å². The molecule has 0 aliphatic heterocycles. The molecule has 0 bridgehead atoms. The van der Waals surface area contributed by atoms with E-state index in [1.165, 1.54) is 12.1 Å². The molecule has 0 heterocycles. The lowest BCUT2D eigenvalue weighted by molar-refractivity contribution is 0.584. The molecule has 0 aromatic rings. The third-order valence-electron chi connectivity index (χ3n) is 1.61. The largest absolute Gasteiger partial charge is 0.461 e. The van der Waals surface area contributed by atoms with Crippen LogP contribution in [0.2, 0.25) is 51.4 Å². The molecule has 86 valence electrons. The van der Waals surface area contributed by atoms with E-state index in [2.05, 4.69) is 39.3 Å². The Morgan fingerprint density at radius 2 is 1.00 bits per heavy atom. The highest BCUT2D eigenvalue weighted by atomic mass is 28.4. The molecule has 0 aromatic carbocycles. The van der Waals surface area contributed by atoms with Gasteiger partial charge in [-0.05, 0) is 51.4 Å². The van der Waals surface area contributed by atoms with Crippen molar-refractivity contribution >= 4 is 36.2 Å². The van der Waals surface area contributed by atoms with Crippen molar-refractivity contribution in [2.45, 2.75) is 51.4 Å². The van der Waals surface area contributed by atoms with Gasteiger partial charge in [0.25, 0.3) is 0 Å². The maximum atomic E-state index is 5.92. The minimum atomic E-state index is -1.21. The van der Waals surface area contributed by atoms with Gasteiger partial charge >= 0.3 is 0 Å². The van der Waals surface area contributed by atoms with Crippen LogP contribution in [0.15, 0.2) is 0 Å². The van der Waals surface area contributed by atoms with Crippen LogP contribution in [0, 0.1) is 0 Å². The van der Waals surface area contributed by atoms with Crippen LogP contribution in [-0.4, -0.2) is 36.2 Å². The fraction of sp³-hybridized carbons (Fsp3) is 1.00. The topological polar surface area (TPSA) is 18.5 Å². The molecule has 0 fully saturated rings. The molecule has 0 unspecified atom stereocenters. The van der Waals surface area contributed by atoms with Crippen LogP contribution in [0.1, 0.15) is 0 Å². The Morgan fingerprint density at radius 3 is 1.21 bits per heavy atom. The Labute approximate surface area is 95.9 Å². The summed E-state index contributed by atoms with van der Waals surface area (Å²) in [4.78, 5) is 0. The molecule has 6 heteroatoms. The molecule has 0 radical (unpaired) electrons. The van der Waals surface area contributed by atoms with E-state index in [1.807, 2.05) is 0 Å². The van der Waals surface area contributed by atoms with Gasteiger partial charge in [-0.2, -0.15) is 0 Å². The summed E-state index contributed by atoms with van der Waals surface area (Å²) in [6.45, 7) is 13.6. The van der Waals surface area contributed by atoms with E-state index in [4.69, 9.17) is 8.23 Å². The van der Waals surface area contributed by atoms with Crippen LogP contribution in [0.4, 0.5) is 0 Å². The maximum absolute atomic E-state index is 5.92. The highest BCUT2D eigenvalue weighted by Crippen LogP contribution is 2.05. The smallest absolute Gasteiger partial charge is 0.169 e. The van der Waals surface area contributed by atoms with Crippen LogP contribution in [-0.2, 0) is 8.23 Å². The highest BCUT2D eigenvalue weighted by molar-refractivity contribution is 6.74. The summed E-state index contributed by atoms with van der Waals surface area (Å²) in [7, 11) is -2.87. The first-order chi connectivity index (χ1) is 6.21. The minimum Gasteiger partial charge on any atom is -0.461 e. The molecule has 0 saturated carbocycles. The van der Waals surface area contributed by atoms with Crippen LogP contribution < -0.4 is 0 Å². The highest BCUT2D eigenvalue weighted by Gasteiger charge is 2.14. The van der Waals surface area contributed by atoms with Crippen LogP contribution in [0.5, 0.6) is 0 Å². The van der Waals surface area contributed by atoms with Crippen molar-refractivity contribution in [3.8, 4) is 0 Å². The summed E-state index contributed by atoms with van der Waals surface area (Å²) in [6.07, 6.45) is 0. The van der Waals surface area contributed by atoms with E-state index in [1.54, 1.807) is 0 Å². The van der Waals surface area contributed by atoms with E-state index in [0.717, 1.165) is 0 Å². The van der Waals surface area contributed by atoms with Crippen molar-refractivity contribution in [3.05, 3.63) is 0 Å². The van der Waals surface area contributed by atoms with Gasteiger partial charge in [0.05, 0.1) is 0 Å². The third-order valence-corrected chi connectivity index (χ3v) is 12.7. The van der Waals surface area contributed by atoms with Crippen molar-refractivity contribution in [1.29, 1.82) is 0 Å². The molecule has 0 aromatic heterocycles. The molecule has 0 amide bonds. The van der Waals surface area contributed by atoms with Crippen molar-refractivity contribution in [1.82, 2.24) is 0 Å². The first-order valence-corrected chi connectivity index (χ1v) is 15.5. The molecular weight excluding hydrogens is 240 g/mol. The fourth-order valence-corrected chi connectivity index (χ4v) is 8.65. The molecule has 0 spiro atoms. The number of hydrogen-bond acceptors (Lipinski definition) is 2. The van der Waals surface area contributed by atoms with Gasteiger partial charge in [-0.3, -0.25) is 0 Å². The zero-order chi connectivity index (χ0) is 11.2. The van der Waals surface area contributed by atoms with E-state index in [-0.39, 0.29) is 19.5 Å². The first kappa shape index (κ1) is 14.8. The van der Waals surface area contributed by atoms with Crippen molar-refractivity contribution in [3.63, 3.8) is 0 Å². The number of hydrogen-bond donors (Lipinski definition) is 0. The zero-order valence-corrected chi connectivity index (χ0v) is 15.5. The Hall–Kier alpha value is 0.788. The second-order valence-electron chi connectivity index (χ2n) is 5.63. The first-order valence-electron chi connectivity index (χ1n) is 5.49. The van der Waals surface area contributed by atoms with Gasteiger partial charge in [0.2, 0.25) is 0 Å². The molecule has 0 aliphatic carbocycles. The summed E-state index contributed by atoms with van der Waals surface area (Å²) in [5.74, 6) is 0. The predicted octanol–water partition coefficient (Wildman–Crippen LogP) is 1.69. The standard InChI is InChI=1S/C8H26O2Si4/c1-13(2,3)9-11-7-8-12-10-14(4,5)6/h7-8,11-12H2,1-6H3. The normalized spacial score (nSPS) is 15.0. The molecule has 14 heavy (non-hydrogen) atoms. The van der Waals surface area contributed by atoms with E-state index in [0.29, 0.717) is 0 Å². The Morgan fingerprint density at radius 1 is 0.714 bits per heavy atom. The Bertz CT molecular complexity index is 132. The van der Waals surface area contributed by atoms with Crippen molar-refractivity contribution in [2.75, 3.05) is 0 Å².